The number of hydrogen-bond donors (Lipinski definition) is 1. The second kappa shape index (κ2) is 8.27. The number of anilines is 1. The summed E-state index contributed by atoms with van der Waals surface area (Å²) in [5.74, 6) is -0.131. The third-order valence-electron chi connectivity index (χ3n) is 4.62. The van der Waals surface area contributed by atoms with Crippen LogP contribution in [-0.2, 0) is 10.0 Å². The molecule has 144 valence electrons. The van der Waals surface area contributed by atoms with Crippen LogP contribution in [0.2, 0.25) is 0 Å². The molecule has 0 fully saturated rings. The summed E-state index contributed by atoms with van der Waals surface area (Å²) >= 11 is 0. The smallest absolute Gasteiger partial charge is 0.261 e. The number of nitrogens with zero attached hydrogens (tertiary/aromatic N) is 1. The van der Waals surface area contributed by atoms with Gasteiger partial charge in [0.25, 0.3) is 15.9 Å². The number of benzene rings is 3. The second-order valence-corrected chi connectivity index (χ2v) is 8.18. The molecule has 0 bridgehead atoms. The molecule has 5 nitrogen and oxygen atoms in total. The molecule has 0 aromatic heterocycles. The van der Waals surface area contributed by atoms with Gasteiger partial charge in [0.05, 0.1) is 10.9 Å². The van der Waals surface area contributed by atoms with E-state index in [-0.39, 0.29) is 16.8 Å². The Hall–Kier alpha value is -3.12. The number of nitrogens with one attached hydrogen (secondary N) is 1. The Morgan fingerprint density at radius 3 is 1.96 bits per heavy atom. The molecule has 3 aromatic rings. The van der Waals surface area contributed by atoms with Crippen LogP contribution in [0.1, 0.15) is 28.9 Å². The minimum absolute atomic E-state index is 0.0787. The summed E-state index contributed by atoms with van der Waals surface area (Å²) in [5, 5.41) is 0. The van der Waals surface area contributed by atoms with E-state index in [0.29, 0.717) is 11.3 Å². The topological polar surface area (TPSA) is 66.5 Å². The lowest BCUT2D eigenvalue weighted by Gasteiger charge is -2.25. The molecule has 28 heavy (non-hydrogen) atoms. The summed E-state index contributed by atoms with van der Waals surface area (Å²) in [5.41, 5.74) is 1.94. The summed E-state index contributed by atoms with van der Waals surface area (Å²) < 4.78 is 27.3. The number of rotatable bonds is 6. The highest BCUT2D eigenvalue weighted by Gasteiger charge is 2.19. The van der Waals surface area contributed by atoms with Crippen LogP contribution >= 0.6 is 0 Å². The van der Waals surface area contributed by atoms with Crippen LogP contribution in [-0.4, -0.2) is 26.3 Å². The van der Waals surface area contributed by atoms with Gasteiger partial charge in [-0.3, -0.25) is 9.52 Å². The minimum Gasteiger partial charge on any atom is -0.335 e. The molecule has 3 rings (SSSR count). The fourth-order valence-electron chi connectivity index (χ4n) is 2.83. The molecule has 0 spiro atoms. The number of carbonyl (C=O) groups is 1. The largest absolute Gasteiger partial charge is 0.335 e. The van der Waals surface area contributed by atoms with Crippen LogP contribution in [0.25, 0.3) is 0 Å². The maximum atomic E-state index is 12.8. The van der Waals surface area contributed by atoms with E-state index >= 15 is 0 Å². The van der Waals surface area contributed by atoms with Gasteiger partial charge in [-0.15, -0.1) is 0 Å². The van der Waals surface area contributed by atoms with E-state index in [1.165, 1.54) is 12.1 Å². The number of sulfonamides is 1. The molecule has 0 aliphatic carbocycles. The summed E-state index contributed by atoms with van der Waals surface area (Å²) in [4.78, 5) is 14.6. The van der Waals surface area contributed by atoms with E-state index in [4.69, 9.17) is 0 Å². The number of carbonyl (C=O) groups excluding carboxylic acids is 1. The lowest BCUT2D eigenvalue weighted by molar-refractivity contribution is 0.0742. The van der Waals surface area contributed by atoms with Gasteiger partial charge in [-0.25, -0.2) is 8.42 Å². The highest BCUT2D eigenvalue weighted by molar-refractivity contribution is 7.92. The van der Waals surface area contributed by atoms with E-state index in [1.54, 1.807) is 54.4 Å². The number of amides is 1. The van der Waals surface area contributed by atoms with Crippen LogP contribution in [0.3, 0.4) is 0 Å². The Morgan fingerprint density at radius 2 is 1.39 bits per heavy atom. The first kappa shape index (κ1) is 19.6. The fraction of sp³-hybridized carbons (Fsp3) is 0.136. The molecule has 0 heterocycles. The molecule has 1 atom stereocenters. The minimum atomic E-state index is -3.66. The van der Waals surface area contributed by atoms with E-state index in [1.807, 2.05) is 37.3 Å². The first-order valence-electron chi connectivity index (χ1n) is 8.88. The van der Waals surface area contributed by atoms with Crippen LogP contribution in [0.4, 0.5) is 5.69 Å². The first-order valence-corrected chi connectivity index (χ1v) is 10.4. The molecule has 0 aliphatic heterocycles. The molecule has 0 unspecified atom stereocenters. The molecule has 0 radical (unpaired) electrons. The van der Waals surface area contributed by atoms with Crippen LogP contribution in [0.15, 0.2) is 89.8 Å². The lowest BCUT2D eigenvalue weighted by atomic mass is 10.1. The van der Waals surface area contributed by atoms with Gasteiger partial charge in [0, 0.05) is 18.3 Å². The zero-order valence-electron chi connectivity index (χ0n) is 15.7. The van der Waals surface area contributed by atoms with Crippen LogP contribution in [0, 0.1) is 0 Å². The summed E-state index contributed by atoms with van der Waals surface area (Å²) in [6.07, 6.45) is 0. The zero-order valence-corrected chi connectivity index (χ0v) is 16.6. The Bertz CT molecular complexity index is 1030. The second-order valence-electron chi connectivity index (χ2n) is 6.50. The van der Waals surface area contributed by atoms with Gasteiger partial charge in [0.15, 0.2) is 0 Å². The van der Waals surface area contributed by atoms with E-state index in [9.17, 15) is 13.2 Å². The van der Waals surface area contributed by atoms with Crippen molar-refractivity contribution >= 4 is 21.6 Å². The van der Waals surface area contributed by atoms with Gasteiger partial charge in [-0.1, -0.05) is 48.5 Å². The van der Waals surface area contributed by atoms with E-state index < -0.39 is 10.0 Å². The van der Waals surface area contributed by atoms with Crippen LogP contribution < -0.4 is 4.72 Å². The summed E-state index contributed by atoms with van der Waals surface area (Å²) in [6.45, 7) is 1.97. The predicted octanol–water partition coefficient (Wildman–Crippen LogP) is 4.32. The quantitative estimate of drug-likeness (QED) is 0.677. The van der Waals surface area contributed by atoms with Crippen molar-refractivity contribution in [2.75, 3.05) is 11.8 Å². The maximum Gasteiger partial charge on any atom is 0.261 e. The molecule has 1 amide bonds. The predicted molar refractivity (Wildman–Crippen MR) is 111 cm³/mol. The van der Waals surface area contributed by atoms with Crippen molar-refractivity contribution in [2.24, 2.45) is 0 Å². The van der Waals surface area contributed by atoms with Gasteiger partial charge >= 0.3 is 0 Å². The standard InChI is InChI=1S/C22H22N2O3S/c1-17(18-9-5-3-6-10-18)24(2)22(25)19-13-15-20(16-14-19)23-28(26,27)21-11-7-4-8-12-21/h3-17,23H,1-2H3/t17-/m0/s1. The van der Waals surface area contributed by atoms with Gasteiger partial charge < -0.3 is 4.90 Å². The van der Waals surface area contributed by atoms with E-state index in [0.717, 1.165) is 5.56 Å². The van der Waals surface area contributed by atoms with Gasteiger partial charge in [0.1, 0.15) is 0 Å². The van der Waals surface area contributed by atoms with Crippen molar-refractivity contribution in [1.82, 2.24) is 4.90 Å². The molecule has 3 aromatic carbocycles. The SMILES string of the molecule is C[C@@H](c1ccccc1)N(C)C(=O)c1ccc(NS(=O)(=O)c2ccccc2)cc1. The van der Waals surface area contributed by atoms with E-state index in [2.05, 4.69) is 4.72 Å². The third kappa shape index (κ3) is 4.40. The first-order chi connectivity index (χ1) is 13.4. The van der Waals surface area contributed by atoms with Crippen LogP contribution in [0.5, 0.6) is 0 Å². The number of hydrogen-bond acceptors (Lipinski definition) is 3. The van der Waals surface area contributed by atoms with Crippen molar-refractivity contribution in [1.29, 1.82) is 0 Å². The van der Waals surface area contributed by atoms with Crippen molar-refractivity contribution < 1.29 is 13.2 Å². The zero-order chi connectivity index (χ0) is 20.1. The Labute approximate surface area is 165 Å². The normalized spacial score (nSPS) is 12.2. The van der Waals surface area contributed by atoms with Crippen molar-refractivity contribution in [3.05, 3.63) is 96.1 Å². The molecular weight excluding hydrogens is 372 g/mol. The molecule has 6 heteroatoms. The third-order valence-corrected chi connectivity index (χ3v) is 6.02. The van der Waals surface area contributed by atoms with Crippen molar-refractivity contribution in [3.8, 4) is 0 Å². The van der Waals surface area contributed by atoms with Gasteiger partial charge in [0.2, 0.25) is 0 Å². The van der Waals surface area contributed by atoms with Gasteiger partial charge in [-0.2, -0.15) is 0 Å². The highest BCUT2D eigenvalue weighted by Crippen LogP contribution is 2.22. The lowest BCUT2D eigenvalue weighted by Crippen LogP contribution is -2.29. The van der Waals surface area contributed by atoms with Crippen molar-refractivity contribution in [2.45, 2.75) is 17.9 Å². The Morgan fingerprint density at radius 1 is 0.857 bits per heavy atom. The average Bonchev–Trinajstić information content (AvgIpc) is 2.74. The molecule has 0 saturated carbocycles. The van der Waals surface area contributed by atoms with Gasteiger partial charge in [-0.05, 0) is 48.9 Å². The molecule has 0 saturated heterocycles. The molecule has 0 aliphatic rings. The highest BCUT2D eigenvalue weighted by atomic mass is 32.2. The monoisotopic (exact) mass is 394 g/mol. The molecule has 1 N–H and O–H groups in total. The maximum absolute atomic E-state index is 12.8. The average molecular weight is 394 g/mol. The summed E-state index contributed by atoms with van der Waals surface area (Å²) in [7, 11) is -1.90. The Balaban J connectivity index is 1.72. The molecular formula is C22H22N2O3S. The summed E-state index contributed by atoms with van der Waals surface area (Å²) in [6, 6.07) is 24.3. The Kier molecular flexibility index (Phi) is 5.80. The van der Waals surface area contributed by atoms with Crippen molar-refractivity contribution in [3.63, 3.8) is 0 Å². The fourth-order valence-corrected chi connectivity index (χ4v) is 3.91.